The fraction of sp³-hybridized carbons (Fsp3) is 0.653. The van der Waals surface area contributed by atoms with E-state index < -0.39 is 151 Å². The largest absolute Gasteiger partial charge is 0.391 e. The summed E-state index contributed by atoms with van der Waals surface area (Å²) in [7, 11) is 0. The molecule has 12 atom stereocenters. The molecular weight excluding hydrogens is 1030 g/mol. The number of nitrogens with zero attached hydrogens (tertiary/aromatic N) is 2. The molecule has 0 aliphatic carbocycles. The molecule has 0 aromatic heterocycles. The first-order valence-corrected chi connectivity index (χ1v) is 26.4. The van der Waals surface area contributed by atoms with Gasteiger partial charge in [0.15, 0.2) is 5.96 Å². The molecule has 26 N–H and O–H groups in total. The van der Waals surface area contributed by atoms with E-state index >= 15 is 9.59 Å². The van der Waals surface area contributed by atoms with Crippen molar-refractivity contribution in [3.63, 3.8) is 0 Å². The van der Waals surface area contributed by atoms with E-state index in [-0.39, 0.29) is 89.5 Å². The first kappa shape index (κ1) is 68.2. The molecule has 1 aliphatic rings. The summed E-state index contributed by atoms with van der Waals surface area (Å²) in [5.41, 5.74) is 47.0. The van der Waals surface area contributed by atoms with E-state index in [0.717, 1.165) is 13.8 Å². The summed E-state index contributed by atoms with van der Waals surface area (Å²) in [5.74, 6) is -11.3. The number of benzene rings is 1. The second-order valence-electron chi connectivity index (χ2n) is 19.6. The number of aliphatic imine (C=N–C) groups is 1. The Hall–Kier alpha value is -6.93. The molecule has 30 nitrogen and oxygen atoms in total. The number of nitrogens with two attached hydrogens (primary N) is 8. The van der Waals surface area contributed by atoms with Crippen molar-refractivity contribution in [2.75, 3.05) is 39.3 Å². The van der Waals surface area contributed by atoms with Gasteiger partial charge in [0.1, 0.15) is 54.4 Å². The van der Waals surface area contributed by atoms with E-state index in [0.29, 0.717) is 10.5 Å². The molecule has 1 aromatic carbocycles. The molecule has 0 saturated carbocycles. The Morgan fingerprint density at radius 2 is 1.10 bits per heavy atom. The van der Waals surface area contributed by atoms with Crippen LogP contribution < -0.4 is 88.4 Å². The minimum absolute atomic E-state index is 0.0380. The minimum Gasteiger partial charge on any atom is -0.391 e. The number of hydrogen-bond donors (Lipinski definition) is 18. The molecule has 79 heavy (non-hydrogen) atoms. The average Bonchev–Trinajstić information content (AvgIpc) is 3.38. The Labute approximate surface area is 459 Å². The molecule has 30 heteroatoms. The second kappa shape index (κ2) is 34.8. The first-order chi connectivity index (χ1) is 37.3. The van der Waals surface area contributed by atoms with Crippen molar-refractivity contribution in [2.45, 2.75) is 158 Å². The normalized spacial score (nSPS) is 23.2. The van der Waals surface area contributed by atoms with Crippen LogP contribution in [0.25, 0.3) is 0 Å². The SMILES string of the molecule is CC(C)C[C@@H]1NC(=O)[C@@H](Cc2ccccc2)NC(=O)[C@H](CCN)NC(=O)[C@H](CCN)N(C(=O)[C@H](CCN)NC(=O)[C@@H](NC(=O)[C@@H](N)CCCN=C(N)N)[C@@H](C)O)C(=O)[C@H]([C@@H](C)O)NC(=O)[C@H](CCN)NC(=O)[C@H](CCN)NC1=O. The van der Waals surface area contributed by atoms with Crippen LogP contribution in [0.5, 0.6) is 0 Å². The van der Waals surface area contributed by atoms with Gasteiger partial charge >= 0.3 is 0 Å². The molecule has 1 heterocycles. The predicted molar refractivity (Wildman–Crippen MR) is 290 cm³/mol. The van der Waals surface area contributed by atoms with Gasteiger partial charge in [-0.3, -0.25) is 57.8 Å². The van der Waals surface area contributed by atoms with Gasteiger partial charge in [0.2, 0.25) is 47.3 Å². The third-order valence-electron chi connectivity index (χ3n) is 12.5. The Bertz CT molecular complexity index is 2220. The molecule has 1 saturated heterocycles. The van der Waals surface area contributed by atoms with Gasteiger partial charge in [-0.2, -0.15) is 0 Å². The molecule has 0 bridgehead atoms. The van der Waals surface area contributed by atoms with Gasteiger partial charge in [0.25, 0.3) is 11.8 Å². The van der Waals surface area contributed by atoms with E-state index in [2.05, 4.69) is 47.5 Å². The standard InChI is InChI=1S/C49H86N18O12/c1-25(2)23-34-43(74)60-30(12-17-50)40(71)59-32(14-19-52)42(73)66-38(27(4)69)48(79)67(47(78)33(15-20-53)62-46(77)37(26(3)68)65-39(70)29(55)11-8-22-58-49(56)57)36(16-21-54)45(76)61-31(13-18-51)41(72)64-35(44(75)63-34)24-28-9-6-5-7-10-28/h5-7,9-10,25-27,29-38,68-69H,8,11-24,50-55H2,1-4H3,(H,59,71)(H,60,74)(H,61,76)(H,62,77)(H,63,75)(H,64,72)(H,65,70)(H,66,73)(H4,56,57,58)/t26-,27-,29+,30+,31+,32+,33+,34+,35-,36+,37+,38+/m1/s1. The number of imide groups is 1. The number of amides is 10. The first-order valence-electron chi connectivity index (χ1n) is 26.4. The number of hydrogen-bond acceptors (Lipinski definition) is 19. The molecule has 444 valence electrons. The number of aliphatic hydroxyl groups excluding tert-OH is 2. The third kappa shape index (κ3) is 22.4. The maximum atomic E-state index is 15.2. The molecular formula is C49H86N18O12. The molecule has 1 aromatic rings. The maximum Gasteiger partial charge on any atom is 0.255 e. The number of rotatable bonds is 25. The van der Waals surface area contributed by atoms with Crippen LogP contribution in [0.1, 0.15) is 84.6 Å². The number of aliphatic hydroxyl groups is 2. The molecule has 1 fully saturated rings. The second-order valence-corrected chi connectivity index (χ2v) is 19.6. The van der Waals surface area contributed by atoms with E-state index in [1.54, 1.807) is 44.2 Å². The zero-order valence-corrected chi connectivity index (χ0v) is 45.5. The van der Waals surface area contributed by atoms with E-state index in [1.807, 2.05) is 0 Å². The Morgan fingerprint density at radius 3 is 1.58 bits per heavy atom. The summed E-state index contributed by atoms with van der Waals surface area (Å²) < 4.78 is 0. The van der Waals surface area contributed by atoms with Crippen LogP contribution in [-0.2, 0) is 54.4 Å². The quantitative estimate of drug-likeness (QED) is 0.0246. The van der Waals surface area contributed by atoms with Crippen molar-refractivity contribution in [3.05, 3.63) is 35.9 Å². The maximum absolute atomic E-state index is 15.2. The zero-order chi connectivity index (χ0) is 59.5. The Balaban J connectivity index is 2.94. The van der Waals surface area contributed by atoms with Gasteiger partial charge in [-0.25, -0.2) is 0 Å². The van der Waals surface area contributed by atoms with Gasteiger partial charge in [-0.15, -0.1) is 0 Å². The topological polar surface area (TPSA) is 531 Å². The highest BCUT2D eigenvalue weighted by atomic mass is 16.3. The average molecular weight is 1120 g/mol. The van der Waals surface area contributed by atoms with Gasteiger partial charge in [-0.1, -0.05) is 44.2 Å². The summed E-state index contributed by atoms with van der Waals surface area (Å²) >= 11 is 0. The summed E-state index contributed by atoms with van der Waals surface area (Å²) in [5, 5.41) is 42.0. The van der Waals surface area contributed by atoms with Crippen molar-refractivity contribution < 1.29 is 58.2 Å². The molecule has 0 radical (unpaired) electrons. The van der Waals surface area contributed by atoms with E-state index in [4.69, 9.17) is 45.9 Å². The minimum atomic E-state index is -2.14. The number of guanidine groups is 1. The monoisotopic (exact) mass is 1120 g/mol. The smallest absolute Gasteiger partial charge is 0.255 e. The molecule has 0 unspecified atom stereocenters. The highest BCUT2D eigenvalue weighted by Crippen LogP contribution is 2.17. The van der Waals surface area contributed by atoms with Crippen LogP contribution in [0.3, 0.4) is 0 Å². The lowest BCUT2D eigenvalue weighted by atomic mass is 10.00. The molecule has 1 aliphatic heterocycles. The summed E-state index contributed by atoms with van der Waals surface area (Å²) in [6, 6.07) is -7.94. The van der Waals surface area contributed by atoms with Gasteiger partial charge in [-0.05, 0) is 109 Å². The Kier molecular flexibility index (Phi) is 30.1. The summed E-state index contributed by atoms with van der Waals surface area (Å²) in [4.78, 5) is 148. The van der Waals surface area contributed by atoms with E-state index in [9.17, 15) is 48.6 Å². The highest BCUT2D eigenvalue weighted by molar-refractivity contribution is 6.07. The molecule has 2 rings (SSSR count). The van der Waals surface area contributed by atoms with Crippen molar-refractivity contribution in [1.29, 1.82) is 0 Å². The van der Waals surface area contributed by atoms with Crippen molar-refractivity contribution in [2.24, 2.45) is 56.8 Å². The van der Waals surface area contributed by atoms with Crippen LogP contribution >= 0.6 is 0 Å². The summed E-state index contributed by atoms with van der Waals surface area (Å²) in [6.45, 7) is 4.43. The van der Waals surface area contributed by atoms with Crippen LogP contribution in [0, 0.1) is 5.92 Å². The molecule has 0 spiro atoms. The lowest BCUT2D eigenvalue weighted by molar-refractivity contribution is -0.158. The van der Waals surface area contributed by atoms with Crippen molar-refractivity contribution in [1.82, 2.24) is 47.4 Å². The molecule has 10 amide bonds. The van der Waals surface area contributed by atoms with Gasteiger partial charge in [0, 0.05) is 13.0 Å². The van der Waals surface area contributed by atoms with Gasteiger partial charge in [0.05, 0.1) is 18.2 Å². The van der Waals surface area contributed by atoms with Crippen LogP contribution in [0.4, 0.5) is 0 Å². The fourth-order valence-corrected chi connectivity index (χ4v) is 8.34. The Morgan fingerprint density at radius 1 is 0.620 bits per heavy atom. The summed E-state index contributed by atoms with van der Waals surface area (Å²) in [6.07, 6.45) is -5.16. The van der Waals surface area contributed by atoms with Crippen LogP contribution in [-0.4, -0.2) is 192 Å². The van der Waals surface area contributed by atoms with Crippen LogP contribution in [0.2, 0.25) is 0 Å². The highest BCUT2D eigenvalue weighted by Gasteiger charge is 2.45. The fourth-order valence-electron chi connectivity index (χ4n) is 8.34. The predicted octanol–water partition coefficient (Wildman–Crippen LogP) is -8.22. The lowest BCUT2D eigenvalue weighted by Gasteiger charge is -2.36. The number of nitrogens with one attached hydrogen (secondary N) is 8. The van der Waals surface area contributed by atoms with Gasteiger partial charge < -0.3 is 98.6 Å². The zero-order valence-electron chi connectivity index (χ0n) is 45.5. The third-order valence-corrected chi connectivity index (χ3v) is 12.5. The van der Waals surface area contributed by atoms with Crippen molar-refractivity contribution >= 4 is 65.0 Å². The number of carbonyl (C=O) groups excluding carboxylic acids is 10. The van der Waals surface area contributed by atoms with E-state index in [1.165, 1.54) is 0 Å². The van der Waals surface area contributed by atoms with Crippen LogP contribution in [0.15, 0.2) is 35.3 Å². The van der Waals surface area contributed by atoms with Crippen molar-refractivity contribution in [3.8, 4) is 0 Å². The number of carbonyl (C=O) groups is 10. The lowest BCUT2D eigenvalue weighted by Crippen LogP contribution is -2.66.